The van der Waals surface area contributed by atoms with E-state index >= 15 is 0 Å². The molecule has 22 heavy (non-hydrogen) atoms. The van der Waals surface area contributed by atoms with Crippen LogP contribution in [0.4, 0.5) is 0 Å². The molecule has 0 atom stereocenters. The molecule has 0 saturated heterocycles. The van der Waals surface area contributed by atoms with Crippen molar-refractivity contribution in [1.29, 1.82) is 0 Å². The topological polar surface area (TPSA) is 48.2 Å². The lowest BCUT2D eigenvalue weighted by Crippen LogP contribution is -1.96. The van der Waals surface area contributed by atoms with Crippen molar-refractivity contribution < 1.29 is 9.15 Å². The average molecular weight is 315 g/mol. The molecule has 112 valence electrons. The van der Waals surface area contributed by atoms with E-state index in [1.807, 2.05) is 30.3 Å². The third kappa shape index (κ3) is 3.46. The molecule has 1 heterocycles. The Morgan fingerprint density at radius 1 is 1.09 bits per heavy atom. The normalized spacial score (nSPS) is 10.6. The highest BCUT2D eigenvalue weighted by molar-refractivity contribution is 6.30. The molecule has 0 saturated carbocycles. The number of benzene rings is 2. The largest absolute Gasteiger partial charge is 0.484 e. The molecule has 3 aromatic rings. The number of nitrogens with zero attached hydrogens (tertiary/aromatic N) is 2. The molecule has 0 amide bonds. The Balaban J connectivity index is 1.67. The van der Waals surface area contributed by atoms with E-state index in [4.69, 9.17) is 20.8 Å². The van der Waals surface area contributed by atoms with Crippen LogP contribution in [0.5, 0.6) is 5.75 Å². The summed E-state index contributed by atoms with van der Waals surface area (Å²) in [6.45, 7) is 2.35. The molecule has 5 heteroatoms. The molecule has 1 aromatic heterocycles. The van der Waals surface area contributed by atoms with Gasteiger partial charge in [-0.25, -0.2) is 0 Å². The van der Waals surface area contributed by atoms with Crippen molar-refractivity contribution in [2.75, 3.05) is 0 Å². The zero-order valence-corrected chi connectivity index (χ0v) is 12.9. The Hall–Kier alpha value is -2.33. The van der Waals surface area contributed by atoms with Gasteiger partial charge in [0.1, 0.15) is 5.75 Å². The van der Waals surface area contributed by atoms with Crippen LogP contribution in [0.25, 0.3) is 11.5 Å². The smallest absolute Gasteiger partial charge is 0.254 e. The van der Waals surface area contributed by atoms with Crippen molar-refractivity contribution in [3.05, 3.63) is 65.0 Å². The number of halogens is 1. The summed E-state index contributed by atoms with van der Waals surface area (Å²) in [6, 6.07) is 15.2. The summed E-state index contributed by atoms with van der Waals surface area (Å²) < 4.78 is 11.3. The summed E-state index contributed by atoms with van der Waals surface area (Å²) in [7, 11) is 0. The minimum absolute atomic E-state index is 0.244. The fourth-order valence-corrected chi connectivity index (χ4v) is 2.15. The number of aromatic nitrogens is 2. The van der Waals surface area contributed by atoms with Crippen LogP contribution in [0.1, 0.15) is 18.4 Å². The highest BCUT2D eigenvalue weighted by atomic mass is 35.5. The van der Waals surface area contributed by atoms with Gasteiger partial charge >= 0.3 is 0 Å². The Morgan fingerprint density at radius 2 is 1.91 bits per heavy atom. The van der Waals surface area contributed by atoms with Gasteiger partial charge in [-0.15, -0.1) is 10.2 Å². The molecule has 0 unspecified atom stereocenters. The van der Waals surface area contributed by atoms with Crippen LogP contribution in [0.2, 0.25) is 5.02 Å². The number of aryl methyl sites for hydroxylation is 1. The molecule has 0 aliphatic carbocycles. The van der Waals surface area contributed by atoms with E-state index in [-0.39, 0.29) is 6.61 Å². The van der Waals surface area contributed by atoms with Gasteiger partial charge in [0.2, 0.25) is 5.89 Å². The highest BCUT2D eigenvalue weighted by Crippen LogP contribution is 2.21. The summed E-state index contributed by atoms with van der Waals surface area (Å²) in [4.78, 5) is 0. The van der Waals surface area contributed by atoms with Crippen molar-refractivity contribution in [3.8, 4) is 17.2 Å². The first-order chi connectivity index (χ1) is 10.7. The number of rotatable bonds is 5. The summed E-state index contributed by atoms with van der Waals surface area (Å²) in [5.74, 6) is 1.69. The molecule has 0 N–H and O–H groups in total. The Labute approximate surface area is 133 Å². The summed E-state index contributed by atoms with van der Waals surface area (Å²) in [5, 5.41) is 8.69. The fourth-order valence-electron chi connectivity index (χ4n) is 2.02. The van der Waals surface area contributed by atoms with E-state index in [2.05, 4.69) is 23.2 Å². The average Bonchev–Trinajstić information content (AvgIpc) is 3.03. The van der Waals surface area contributed by atoms with Crippen molar-refractivity contribution in [2.45, 2.75) is 20.0 Å². The van der Waals surface area contributed by atoms with Gasteiger partial charge in [0.05, 0.1) is 0 Å². The van der Waals surface area contributed by atoms with Crippen molar-refractivity contribution in [3.63, 3.8) is 0 Å². The maximum Gasteiger partial charge on any atom is 0.254 e. The molecule has 2 aromatic carbocycles. The Kier molecular flexibility index (Phi) is 4.39. The quantitative estimate of drug-likeness (QED) is 0.694. The van der Waals surface area contributed by atoms with Crippen LogP contribution in [0.15, 0.2) is 52.9 Å². The minimum Gasteiger partial charge on any atom is -0.484 e. The number of ether oxygens (including phenoxy) is 1. The predicted molar refractivity (Wildman–Crippen MR) is 84.9 cm³/mol. The summed E-state index contributed by atoms with van der Waals surface area (Å²) >= 11 is 5.86. The molecule has 0 aliphatic heterocycles. The predicted octanol–water partition coefficient (Wildman–Crippen LogP) is 4.53. The second-order valence-electron chi connectivity index (χ2n) is 4.80. The monoisotopic (exact) mass is 314 g/mol. The van der Waals surface area contributed by atoms with Crippen LogP contribution in [-0.2, 0) is 13.0 Å². The van der Waals surface area contributed by atoms with Crippen molar-refractivity contribution in [1.82, 2.24) is 10.2 Å². The Morgan fingerprint density at radius 3 is 2.68 bits per heavy atom. The highest BCUT2D eigenvalue weighted by Gasteiger charge is 2.09. The van der Waals surface area contributed by atoms with E-state index in [0.717, 1.165) is 17.7 Å². The lowest BCUT2D eigenvalue weighted by molar-refractivity contribution is 0.264. The second kappa shape index (κ2) is 6.62. The molecule has 0 aliphatic rings. The van der Waals surface area contributed by atoms with Gasteiger partial charge < -0.3 is 9.15 Å². The van der Waals surface area contributed by atoms with E-state index in [1.165, 1.54) is 5.56 Å². The zero-order valence-electron chi connectivity index (χ0n) is 12.1. The second-order valence-corrected chi connectivity index (χ2v) is 5.23. The first-order valence-electron chi connectivity index (χ1n) is 7.04. The van der Waals surface area contributed by atoms with E-state index in [0.29, 0.717) is 16.8 Å². The lowest BCUT2D eigenvalue weighted by Gasteiger charge is -2.04. The maximum atomic E-state index is 5.86. The zero-order chi connectivity index (χ0) is 15.4. The molecule has 3 rings (SSSR count). The van der Waals surface area contributed by atoms with Gasteiger partial charge in [-0.05, 0) is 48.4 Å². The molecule has 0 bridgehead atoms. The number of hydrogen-bond acceptors (Lipinski definition) is 4. The van der Waals surface area contributed by atoms with Crippen molar-refractivity contribution >= 4 is 11.6 Å². The van der Waals surface area contributed by atoms with Gasteiger partial charge in [-0.3, -0.25) is 0 Å². The van der Waals surface area contributed by atoms with Gasteiger partial charge in [0.15, 0.2) is 6.61 Å². The van der Waals surface area contributed by atoms with E-state index in [9.17, 15) is 0 Å². The van der Waals surface area contributed by atoms with Crippen LogP contribution < -0.4 is 4.74 Å². The minimum atomic E-state index is 0.244. The van der Waals surface area contributed by atoms with Crippen LogP contribution in [-0.4, -0.2) is 10.2 Å². The molecular weight excluding hydrogens is 300 g/mol. The van der Waals surface area contributed by atoms with E-state index in [1.54, 1.807) is 12.1 Å². The third-order valence-electron chi connectivity index (χ3n) is 3.23. The van der Waals surface area contributed by atoms with Crippen LogP contribution in [0, 0.1) is 0 Å². The molecule has 0 spiro atoms. The lowest BCUT2D eigenvalue weighted by atomic mass is 10.2. The Bertz CT molecular complexity index is 753. The van der Waals surface area contributed by atoms with E-state index < -0.39 is 0 Å². The molecular formula is C17H15ClN2O2. The van der Waals surface area contributed by atoms with Crippen LogP contribution in [0.3, 0.4) is 0 Å². The fraction of sp³-hybridized carbons (Fsp3) is 0.176. The third-order valence-corrected chi connectivity index (χ3v) is 3.48. The van der Waals surface area contributed by atoms with Gasteiger partial charge in [0.25, 0.3) is 5.89 Å². The molecule has 0 fully saturated rings. The molecule has 4 nitrogen and oxygen atoms in total. The van der Waals surface area contributed by atoms with Crippen molar-refractivity contribution in [2.24, 2.45) is 0 Å². The van der Waals surface area contributed by atoms with Gasteiger partial charge in [0, 0.05) is 10.6 Å². The summed E-state index contributed by atoms with van der Waals surface area (Å²) in [6.07, 6.45) is 0.971. The maximum absolute atomic E-state index is 5.86. The standard InChI is InChI=1S/C17H15ClN2O2/c1-2-12-4-3-5-15(10-12)21-11-16-19-20-17(22-16)13-6-8-14(18)9-7-13/h3-10H,2,11H2,1H3. The first kappa shape index (κ1) is 14.6. The number of hydrogen-bond donors (Lipinski definition) is 0. The SMILES string of the molecule is CCc1cccc(OCc2nnc(-c3ccc(Cl)cc3)o2)c1. The van der Waals surface area contributed by atoms with Crippen LogP contribution >= 0.6 is 11.6 Å². The summed E-state index contributed by atoms with van der Waals surface area (Å²) in [5.41, 5.74) is 2.06. The van der Waals surface area contributed by atoms with Gasteiger partial charge in [-0.1, -0.05) is 30.7 Å². The molecule has 0 radical (unpaired) electrons. The van der Waals surface area contributed by atoms with Gasteiger partial charge in [-0.2, -0.15) is 0 Å². The first-order valence-corrected chi connectivity index (χ1v) is 7.42.